The van der Waals surface area contributed by atoms with Crippen LogP contribution in [-0.2, 0) is 0 Å². The van der Waals surface area contributed by atoms with Crippen LogP contribution in [0.4, 0.5) is 14.5 Å². The monoisotopic (exact) mass is 227 g/mol. The molecular weight excluding hydrogens is 224 g/mol. The predicted molar refractivity (Wildman–Crippen MR) is 46.0 cm³/mol. The Balaban J connectivity index is 3.61. The summed E-state index contributed by atoms with van der Waals surface area (Å²) < 4.78 is 25.0. The van der Waals surface area contributed by atoms with Crippen LogP contribution < -0.4 is 0 Å². The molecule has 1 aromatic heterocycles. The van der Waals surface area contributed by atoms with Gasteiger partial charge in [-0.15, -0.1) is 0 Å². The molecule has 0 fully saturated rings. The zero-order chi connectivity index (χ0) is 12.3. The smallest absolute Gasteiger partial charge is 0.283 e. The summed E-state index contributed by atoms with van der Waals surface area (Å²) in [6, 6.07) is 1.90. The fourth-order valence-electron chi connectivity index (χ4n) is 1.07. The number of hydrogen-bond donors (Lipinski definition) is 0. The van der Waals surface area contributed by atoms with Crippen molar-refractivity contribution < 1.29 is 18.5 Å². The molecule has 0 unspecified atom stereocenters. The minimum Gasteiger partial charge on any atom is -0.296 e. The van der Waals surface area contributed by atoms with Crippen molar-refractivity contribution in [2.24, 2.45) is 0 Å². The van der Waals surface area contributed by atoms with Crippen molar-refractivity contribution >= 4 is 12.0 Å². The molecule has 0 radical (unpaired) electrons. The normalized spacial score (nSPS) is 9.88. The highest BCUT2D eigenvalue weighted by molar-refractivity contribution is 5.74. The van der Waals surface area contributed by atoms with Crippen molar-refractivity contribution in [1.82, 2.24) is 4.98 Å². The molecule has 0 saturated heterocycles. The van der Waals surface area contributed by atoms with Gasteiger partial charge in [0.2, 0.25) is 0 Å². The largest absolute Gasteiger partial charge is 0.296 e. The summed E-state index contributed by atoms with van der Waals surface area (Å²) in [5, 5.41) is 19.0. The van der Waals surface area contributed by atoms with Crippen molar-refractivity contribution in [2.75, 3.05) is 0 Å². The van der Waals surface area contributed by atoms with E-state index in [2.05, 4.69) is 4.98 Å². The van der Waals surface area contributed by atoms with Gasteiger partial charge in [-0.1, -0.05) is 0 Å². The number of pyridine rings is 1. The molecular formula is C8H3F2N3O3. The number of nitro groups is 1. The minimum absolute atomic E-state index is 0.142. The number of halogens is 2. The molecule has 0 spiro atoms. The third-order valence-electron chi connectivity index (χ3n) is 1.70. The van der Waals surface area contributed by atoms with Crippen molar-refractivity contribution in [3.05, 3.63) is 33.1 Å². The van der Waals surface area contributed by atoms with Crippen LogP contribution in [0.3, 0.4) is 0 Å². The van der Waals surface area contributed by atoms with Gasteiger partial charge in [-0.3, -0.25) is 14.9 Å². The molecule has 0 N–H and O–H groups in total. The van der Waals surface area contributed by atoms with Gasteiger partial charge in [0.1, 0.15) is 17.3 Å². The molecule has 0 aliphatic heterocycles. The number of rotatable bonds is 3. The van der Waals surface area contributed by atoms with Crippen LogP contribution in [0.25, 0.3) is 0 Å². The van der Waals surface area contributed by atoms with Crippen LogP contribution in [-0.4, -0.2) is 16.2 Å². The van der Waals surface area contributed by atoms with E-state index < -0.39 is 34.0 Å². The Labute approximate surface area is 87.3 Å². The first-order valence-electron chi connectivity index (χ1n) is 3.84. The van der Waals surface area contributed by atoms with Gasteiger partial charge >= 0.3 is 0 Å². The van der Waals surface area contributed by atoms with E-state index in [1.807, 2.05) is 0 Å². The summed E-state index contributed by atoms with van der Waals surface area (Å²) in [5.41, 5.74) is -3.30. The molecule has 0 amide bonds. The Bertz CT molecular complexity index is 496. The Hall–Kier alpha value is -2.43. The Morgan fingerprint density at radius 1 is 1.62 bits per heavy atom. The van der Waals surface area contributed by atoms with Crippen molar-refractivity contribution in [3.63, 3.8) is 0 Å². The first-order chi connectivity index (χ1) is 7.51. The number of carbonyl (C=O) groups excluding carboxylic acids is 1. The second-order valence-electron chi connectivity index (χ2n) is 2.62. The lowest BCUT2D eigenvalue weighted by Crippen LogP contribution is -2.04. The number of aromatic nitrogens is 1. The average Bonchev–Trinajstić information content (AvgIpc) is 2.26. The lowest BCUT2D eigenvalue weighted by Gasteiger charge is -2.03. The summed E-state index contributed by atoms with van der Waals surface area (Å²) in [7, 11) is 0. The summed E-state index contributed by atoms with van der Waals surface area (Å²) in [6.07, 6.45) is -3.06. The number of aldehydes is 1. The number of nitrogens with zero attached hydrogens (tertiary/aromatic N) is 3. The van der Waals surface area contributed by atoms with E-state index in [0.29, 0.717) is 6.07 Å². The third-order valence-corrected chi connectivity index (χ3v) is 1.70. The summed E-state index contributed by atoms with van der Waals surface area (Å²) >= 11 is 0. The SMILES string of the molecule is N#Cc1nc(C=O)cc([N+](=O)[O-])c1C(F)F. The Morgan fingerprint density at radius 2 is 2.25 bits per heavy atom. The van der Waals surface area contributed by atoms with Gasteiger partial charge in [0.05, 0.1) is 4.92 Å². The van der Waals surface area contributed by atoms with Gasteiger partial charge in [0, 0.05) is 6.07 Å². The van der Waals surface area contributed by atoms with Gasteiger partial charge in [0.25, 0.3) is 12.1 Å². The number of alkyl halides is 2. The fourth-order valence-corrected chi connectivity index (χ4v) is 1.07. The van der Waals surface area contributed by atoms with Crippen LogP contribution in [0.1, 0.15) is 28.2 Å². The molecule has 16 heavy (non-hydrogen) atoms. The molecule has 0 atom stereocenters. The minimum atomic E-state index is -3.21. The second kappa shape index (κ2) is 4.39. The number of carbonyl (C=O) groups is 1. The van der Waals surface area contributed by atoms with Crippen LogP contribution in [0.5, 0.6) is 0 Å². The molecule has 1 heterocycles. The zero-order valence-corrected chi connectivity index (χ0v) is 7.55. The van der Waals surface area contributed by atoms with Gasteiger partial charge < -0.3 is 0 Å². The lowest BCUT2D eigenvalue weighted by atomic mass is 10.1. The molecule has 1 aromatic rings. The van der Waals surface area contributed by atoms with E-state index in [0.717, 1.165) is 0 Å². The molecule has 0 aromatic carbocycles. The molecule has 0 aliphatic carbocycles. The molecule has 8 heteroatoms. The number of nitriles is 1. The highest BCUT2D eigenvalue weighted by atomic mass is 19.3. The first kappa shape index (κ1) is 11.6. The topological polar surface area (TPSA) is 96.9 Å². The molecule has 0 saturated carbocycles. The molecule has 0 aliphatic rings. The van der Waals surface area contributed by atoms with E-state index in [4.69, 9.17) is 5.26 Å². The summed E-state index contributed by atoms with van der Waals surface area (Å²) in [6.45, 7) is 0. The predicted octanol–water partition coefficient (Wildman–Crippen LogP) is 1.61. The van der Waals surface area contributed by atoms with Crippen molar-refractivity contribution in [3.8, 4) is 6.07 Å². The molecule has 1 rings (SSSR count). The maximum Gasteiger partial charge on any atom is 0.283 e. The van der Waals surface area contributed by atoms with Crippen LogP contribution >= 0.6 is 0 Å². The Morgan fingerprint density at radius 3 is 2.62 bits per heavy atom. The van der Waals surface area contributed by atoms with Crippen molar-refractivity contribution in [2.45, 2.75) is 6.43 Å². The standard InChI is InChI=1S/C8H3F2N3O3/c9-8(10)7-5(2-11)12-4(3-14)1-6(7)13(15)16/h1,3,8H. The van der Waals surface area contributed by atoms with Gasteiger partial charge in [-0.05, 0) is 0 Å². The highest BCUT2D eigenvalue weighted by Crippen LogP contribution is 2.31. The van der Waals surface area contributed by atoms with E-state index in [-0.39, 0.29) is 6.29 Å². The summed E-state index contributed by atoms with van der Waals surface area (Å²) in [4.78, 5) is 23.0. The van der Waals surface area contributed by atoms with Crippen molar-refractivity contribution in [1.29, 1.82) is 5.26 Å². The van der Waals surface area contributed by atoms with Gasteiger partial charge in [-0.25, -0.2) is 13.8 Å². The first-order valence-corrected chi connectivity index (χ1v) is 3.84. The fraction of sp³-hybridized carbons (Fsp3) is 0.125. The molecule has 6 nitrogen and oxygen atoms in total. The van der Waals surface area contributed by atoms with Crippen LogP contribution in [0.2, 0.25) is 0 Å². The second-order valence-corrected chi connectivity index (χ2v) is 2.62. The number of hydrogen-bond acceptors (Lipinski definition) is 5. The van der Waals surface area contributed by atoms with Crippen LogP contribution in [0.15, 0.2) is 6.07 Å². The maximum absolute atomic E-state index is 12.5. The average molecular weight is 227 g/mol. The zero-order valence-electron chi connectivity index (χ0n) is 7.55. The lowest BCUT2D eigenvalue weighted by molar-refractivity contribution is -0.386. The quantitative estimate of drug-likeness (QED) is 0.443. The summed E-state index contributed by atoms with van der Waals surface area (Å²) in [5.74, 6) is 0. The van der Waals surface area contributed by atoms with E-state index >= 15 is 0 Å². The molecule has 0 bridgehead atoms. The maximum atomic E-state index is 12.5. The third kappa shape index (κ3) is 1.98. The van der Waals surface area contributed by atoms with Gasteiger partial charge in [0.15, 0.2) is 12.0 Å². The Kier molecular flexibility index (Phi) is 3.20. The van der Waals surface area contributed by atoms with E-state index in [1.165, 1.54) is 6.07 Å². The molecule has 82 valence electrons. The van der Waals surface area contributed by atoms with Crippen LogP contribution in [0, 0.1) is 21.4 Å². The van der Waals surface area contributed by atoms with E-state index in [9.17, 15) is 23.7 Å². The van der Waals surface area contributed by atoms with E-state index in [1.54, 1.807) is 0 Å². The van der Waals surface area contributed by atoms with Gasteiger partial charge in [-0.2, -0.15) is 5.26 Å². The highest BCUT2D eigenvalue weighted by Gasteiger charge is 2.27.